The van der Waals surface area contributed by atoms with Gasteiger partial charge in [-0.05, 0) is 12.5 Å². The number of rotatable bonds is 4. The van der Waals surface area contributed by atoms with E-state index in [4.69, 9.17) is 0 Å². The van der Waals surface area contributed by atoms with Crippen molar-refractivity contribution in [3.05, 3.63) is 12.2 Å². The molecule has 0 fully saturated rings. The van der Waals surface area contributed by atoms with Gasteiger partial charge in [-0.25, -0.2) is 4.79 Å². The van der Waals surface area contributed by atoms with Crippen molar-refractivity contribution < 1.29 is 14.3 Å². The highest BCUT2D eigenvalue weighted by Gasteiger charge is 2.02. The highest BCUT2D eigenvalue weighted by Crippen LogP contribution is 1.94. The van der Waals surface area contributed by atoms with Gasteiger partial charge in [-0.3, -0.25) is 4.79 Å². The molecule has 2 N–H and O–H groups in total. The summed E-state index contributed by atoms with van der Waals surface area (Å²) < 4.78 is 4.34. The monoisotopic (exact) mass is 157 g/mol. The summed E-state index contributed by atoms with van der Waals surface area (Å²) in [6.45, 7) is 5.06. The number of amides is 1. The zero-order valence-electron chi connectivity index (χ0n) is 6.42. The van der Waals surface area contributed by atoms with Gasteiger partial charge in [-0.2, -0.15) is 0 Å². The van der Waals surface area contributed by atoms with Gasteiger partial charge in [0.2, 0.25) is 0 Å². The predicted molar refractivity (Wildman–Crippen MR) is 40.0 cm³/mol. The van der Waals surface area contributed by atoms with Crippen LogP contribution in [0.5, 0.6) is 0 Å². The van der Waals surface area contributed by atoms with Crippen molar-refractivity contribution in [1.82, 2.24) is 0 Å². The van der Waals surface area contributed by atoms with E-state index in [-0.39, 0.29) is 18.8 Å². The zero-order chi connectivity index (χ0) is 8.85. The van der Waals surface area contributed by atoms with Crippen molar-refractivity contribution >= 4 is 11.9 Å². The topological polar surface area (TPSA) is 69.4 Å². The summed E-state index contributed by atoms with van der Waals surface area (Å²) >= 11 is 0. The fourth-order valence-corrected chi connectivity index (χ4v) is 0.458. The molecule has 4 nitrogen and oxygen atoms in total. The van der Waals surface area contributed by atoms with E-state index < -0.39 is 6.09 Å². The van der Waals surface area contributed by atoms with Crippen LogP contribution in [-0.2, 0) is 9.53 Å². The van der Waals surface area contributed by atoms with E-state index in [1.54, 1.807) is 6.92 Å². The Labute approximate surface area is 65.0 Å². The van der Waals surface area contributed by atoms with Crippen molar-refractivity contribution in [2.24, 2.45) is 5.73 Å². The maximum atomic E-state index is 10.8. The second-order valence-electron chi connectivity index (χ2n) is 2.12. The first kappa shape index (κ1) is 9.68. The Balaban J connectivity index is 3.47. The number of nitrogens with two attached hydrogens (primary N) is 1. The molecule has 0 aliphatic carbocycles. The van der Waals surface area contributed by atoms with Gasteiger partial charge < -0.3 is 10.5 Å². The number of primary amides is 1. The number of carbonyl (C=O) groups excluding carboxylic acids is 2. The lowest BCUT2D eigenvalue weighted by molar-refractivity contribution is -0.116. The molecule has 0 spiro atoms. The van der Waals surface area contributed by atoms with Crippen LogP contribution in [0.4, 0.5) is 4.79 Å². The average Bonchev–Trinajstić information content (AvgIpc) is 1.86. The van der Waals surface area contributed by atoms with Gasteiger partial charge in [-0.1, -0.05) is 6.58 Å². The molecule has 0 aromatic carbocycles. The van der Waals surface area contributed by atoms with Crippen molar-refractivity contribution in [3.8, 4) is 0 Å². The van der Waals surface area contributed by atoms with E-state index in [9.17, 15) is 9.59 Å². The van der Waals surface area contributed by atoms with Gasteiger partial charge in [0, 0.05) is 6.42 Å². The molecular formula is C7H11NO3. The highest BCUT2D eigenvalue weighted by molar-refractivity contribution is 5.94. The summed E-state index contributed by atoms with van der Waals surface area (Å²) in [6, 6.07) is 0. The van der Waals surface area contributed by atoms with Crippen LogP contribution in [-0.4, -0.2) is 18.5 Å². The third kappa shape index (κ3) is 5.14. The standard InChI is InChI=1S/C7H11NO3/c1-5(2)6(9)3-4-11-7(8)10/h1,3-4H2,2H3,(H2,8,10). The first-order valence-corrected chi connectivity index (χ1v) is 3.15. The van der Waals surface area contributed by atoms with Crippen LogP contribution < -0.4 is 5.73 Å². The maximum Gasteiger partial charge on any atom is 0.404 e. The second kappa shape index (κ2) is 4.49. The lowest BCUT2D eigenvalue weighted by Crippen LogP contribution is -2.15. The molecule has 11 heavy (non-hydrogen) atoms. The Morgan fingerprint density at radius 3 is 2.45 bits per heavy atom. The van der Waals surface area contributed by atoms with E-state index in [0.29, 0.717) is 5.57 Å². The maximum absolute atomic E-state index is 10.8. The highest BCUT2D eigenvalue weighted by atomic mass is 16.5. The molecule has 0 aromatic rings. The van der Waals surface area contributed by atoms with Crippen molar-refractivity contribution in [3.63, 3.8) is 0 Å². The molecular weight excluding hydrogens is 146 g/mol. The van der Waals surface area contributed by atoms with Gasteiger partial charge in [0.1, 0.15) is 6.61 Å². The van der Waals surface area contributed by atoms with E-state index in [1.807, 2.05) is 0 Å². The van der Waals surface area contributed by atoms with Crippen LogP contribution >= 0.6 is 0 Å². The summed E-state index contributed by atoms with van der Waals surface area (Å²) in [7, 11) is 0. The fourth-order valence-electron chi connectivity index (χ4n) is 0.458. The lowest BCUT2D eigenvalue weighted by atomic mass is 10.2. The first-order valence-electron chi connectivity index (χ1n) is 3.15. The first-order chi connectivity index (χ1) is 5.04. The Morgan fingerprint density at radius 1 is 1.55 bits per heavy atom. The molecule has 62 valence electrons. The smallest absolute Gasteiger partial charge is 0.404 e. The van der Waals surface area contributed by atoms with Crippen LogP contribution in [0.3, 0.4) is 0 Å². The van der Waals surface area contributed by atoms with Gasteiger partial charge in [0.25, 0.3) is 0 Å². The van der Waals surface area contributed by atoms with Gasteiger partial charge in [0.15, 0.2) is 5.78 Å². The number of ketones is 1. The lowest BCUT2D eigenvalue weighted by Gasteiger charge is -1.99. The SMILES string of the molecule is C=C(C)C(=O)CCOC(N)=O. The van der Waals surface area contributed by atoms with Crippen LogP contribution in [0.2, 0.25) is 0 Å². The minimum atomic E-state index is -0.862. The normalized spacial score (nSPS) is 8.82. The number of Topliss-reactive ketones (excluding diaryl/α,β-unsaturated/α-hetero) is 1. The number of hydrogen-bond donors (Lipinski definition) is 1. The molecule has 0 aliphatic heterocycles. The van der Waals surface area contributed by atoms with Crippen LogP contribution in [0, 0.1) is 0 Å². The molecule has 0 radical (unpaired) electrons. The molecule has 0 saturated carbocycles. The quantitative estimate of drug-likeness (QED) is 0.608. The van der Waals surface area contributed by atoms with E-state index in [2.05, 4.69) is 17.0 Å². The van der Waals surface area contributed by atoms with Gasteiger partial charge in [0.05, 0.1) is 0 Å². The molecule has 0 atom stereocenters. The van der Waals surface area contributed by atoms with E-state index >= 15 is 0 Å². The molecule has 0 aliphatic rings. The second-order valence-corrected chi connectivity index (χ2v) is 2.12. The summed E-state index contributed by atoms with van der Waals surface area (Å²) in [5.41, 5.74) is 5.12. The number of carbonyl (C=O) groups is 2. The minimum Gasteiger partial charge on any atom is -0.449 e. The molecule has 0 unspecified atom stereocenters. The van der Waals surface area contributed by atoms with Crippen LogP contribution in [0.25, 0.3) is 0 Å². The van der Waals surface area contributed by atoms with Crippen LogP contribution in [0.15, 0.2) is 12.2 Å². The third-order valence-electron chi connectivity index (χ3n) is 1.05. The summed E-state index contributed by atoms with van der Waals surface area (Å²) in [4.78, 5) is 20.8. The molecule has 4 heteroatoms. The summed E-state index contributed by atoms with van der Waals surface area (Å²) in [5, 5.41) is 0. The zero-order valence-corrected chi connectivity index (χ0v) is 6.42. The average molecular weight is 157 g/mol. The van der Waals surface area contributed by atoms with Crippen LogP contribution in [0.1, 0.15) is 13.3 Å². The van der Waals surface area contributed by atoms with Crippen molar-refractivity contribution in [2.75, 3.05) is 6.61 Å². The van der Waals surface area contributed by atoms with Gasteiger partial charge >= 0.3 is 6.09 Å². The Morgan fingerprint density at radius 2 is 2.09 bits per heavy atom. The molecule has 0 rings (SSSR count). The predicted octanol–water partition coefficient (Wildman–Crippen LogP) is 0.617. The van der Waals surface area contributed by atoms with Crippen molar-refractivity contribution in [2.45, 2.75) is 13.3 Å². The third-order valence-corrected chi connectivity index (χ3v) is 1.05. The number of allylic oxidation sites excluding steroid dienone is 1. The summed E-state index contributed by atoms with van der Waals surface area (Å²) in [5.74, 6) is -0.119. The molecule has 0 heterocycles. The number of ether oxygens (including phenoxy) is 1. The minimum absolute atomic E-state index is 0.0288. The Kier molecular flexibility index (Phi) is 3.95. The number of hydrogen-bond acceptors (Lipinski definition) is 3. The van der Waals surface area contributed by atoms with Crippen molar-refractivity contribution in [1.29, 1.82) is 0 Å². The Hall–Kier alpha value is -1.32. The van der Waals surface area contributed by atoms with Gasteiger partial charge in [-0.15, -0.1) is 0 Å². The fraction of sp³-hybridized carbons (Fsp3) is 0.429. The molecule has 0 saturated heterocycles. The molecule has 0 aromatic heterocycles. The Bertz CT molecular complexity index is 186. The largest absolute Gasteiger partial charge is 0.449 e. The van der Waals surface area contributed by atoms with E-state index in [0.717, 1.165) is 0 Å². The molecule has 0 bridgehead atoms. The van der Waals surface area contributed by atoms with E-state index in [1.165, 1.54) is 0 Å². The summed E-state index contributed by atoms with van der Waals surface area (Å²) in [6.07, 6.45) is -0.710. The molecule has 1 amide bonds.